The Morgan fingerprint density at radius 3 is 2.25 bits per heavy atom. The minimum Gasteiger partial charge on any atom is -0.362 e. The third-order valence-electron chi connectivity index (χ3n) is 4.59. The SMILES string of the molecule is CCN(CC(=O)NC1CCN(C(C)=O)CC1)c1cc(C)cc(C)c1. The smallest absolute Gasteiger partial charge is 0.239 e. The second-order valence-electron chi connectivity index (χ2n) is 6.71. The molecule has 24 heavy (non-hydrogen) atoms. The van der Waals surface area contributed by atoms with E-state index in [1.165, 1.54) is 11.1 Å². The van der Waals surface area contributed by atoms with Crippen LogP contribution in [-0.2, 0) is 9.59 Å². The van der Waals surface area contributed by atoms with Crippen LogP contribution in [0.1, 0.15) is 37.8 Å². The number of aryl methyl sites for hydroxylation is 2. The van der Waals surface area contributed by atoms with Crippen LogP contribution >= 0.6 is 0 Å². The number of carbonyl (C=O) groups is 2. The molecule has 0 spiro atoms. The van der Waals surface area contributed by atoms with Crippen LogP contribution in [-0.4, -0.2) is 48.9 Å². The lowest BCUT2D eigenvalue weighted by Gasteiger charge is -2.32. The molecule has 1 fully saturated rings. The zero-order valence-electron chi connectivity index (χ0n) is 15.3. The maximum Gasteiger partial charge on any atom is 0.239 e. The number of benzene rings is 1. The molecule has 0 saturated carbocycles. The molecule has 0 aromatic heterocycles. The highest BCUT2D eigenvalue weighted by Crippen LogP contribution is 2.18. The molecular weight excluding hydrogens is 302 g/mol. The molecule has 1 saturated heterocycles. The lowest BCUT2D eigenvalue weighted by molar-refractivity contribution is -0.130. The number of likely N-dealkylation sites (tertiary alicyclic amines) is 1. The van der Waals surface area contributed by atoms with E-state index in [1.807, 2.05) is 4.90 Å². The third-order valence-corrected chi connectivity index (χ3v) is 4.59. The van der Waals surface area contributed by atoms with Gasteiger partial charge in [-0.15, -0.1) is 0 Å². The van der Waals surface area contributed by atoms with E-state index < -0.39 is 0 Å². The zero-order valence-corrected chi connectivity index (χ0v) is 15.3. The first-order valence-electron chi connectivity index (χ1n) is 8.77. The van der Waals surface area contributed by atoms with E-state index in [0.717, 1.165) is 38.2 Å². The minimum atomic E-state index is 0.0530. The number of likely N-dealkylation sites (N-methyl/N-ethyl adjacent to an activating group) is 1. The van der Waals surface area contributed by atoms with Crippen molar-refractivity contribution in [1.29, 1.82) is 0 Å². The van der Waals surface area contributed by atoms with E-state index in [0.29, 0.717) is 6.54 Å². The summed E-state index contributed by atoms with van der Waals surface area (Å²) >= 11 is 0. The molecule has 0 unspecified atom stereocenters. The second kappa shape index (κ2) is 8.18. The van der Waals surface area contributed by atoms with Crippen molar-refractivity contribution in [3.63, 3.8) is 0 Å². The normalized spacial score (nSPS) is 15.2. The van der Waals surface area contributed by atoms with Gasteiger partial charge >= 0.3 is 0 Å². The van der Waals surface area contributed by atoms with Crippen molar-refractivity contribution < 1.29 is 9.59 Å². The number of anilines is 1. The summed E-state index contributed by atoms with van der Waals surface area (Å²) in [5.41, 5.74) is 3.51. The van der Waals surface area contributed by atoms with Crippen LogP contribution in [0.3, 0.4) is 0 Å². The number of amides is 2. The number of hydrogen-bond acceptors (Lipinski definition) is 3. The van der Waals surface area contributed by atoms with Crippen LogP contribution < -0.4 is 10.2 Å². The van der Waals surface area contributed by atoms with E-state index in [-0.39, 0.29) is 17.9 Å². The van der Waals surface area contributed by atoms with Crippen LogP contribution in [0.4, 0.5) is 5.69 Å². The molecule has 2 amide bonds. The van der Waals surface area contributed by atoms with Crippen LogP contribution in [0.5, 0.6) is 0 Å². The van der Waals surface area contributed by atoms with Crippen molar-refractivity contribution >= 4 is 17.5 Å². The standard InChI is InChI=1S/C19H29N3O2/c1-5-21(18-11-14(2)10-15(3)12-18)13-19(24)20-17-6-8-22(9-7-17)16(4)23/h10-12,17H,5-9,13H2,1-4H3,(H,20,24). The Morgan fingerprint density at radius 2 is 1.75 bits per heavy atom. The summed E-state index contributed by atoms with van der Waals surface area (Å²) in [6.07, 6.45) is 1.67. The van der Waals surface area contributed by atoms with Crippen molar-refractivity contribution in [3.8, 4) is 0 Å². The van der Waals surface area contributed by atoms with Gasteiger partial charge in [0.05, 0.1) is 6.54 Å². The molecule has 1 aliphatic heterocycles. The summed E-state index contributed by atoms with van der Waals surface area (Å²) < 4.78 is 0. The molecule has 2 rings (SSSR count). The number of piperidine rings is 1. The molecule has 1 aliphatic rings. The summed E-state index contributed by atoms with van der Waals surface area (Å²) in [6.45, 7) is 10.4. The van der Waals surface area contributed by atoms with Gasteiger partial charge in [0.1, 0.15) is 0 Å². The summed E-state index contributed by atoms with van der Waals surface area (Å²) in [7, 11) is 0. The molecule has 5 nitrogen and oxygen atoms in total. The number of hydrogen-bond donors (Lipinski definition) is 1. The summed E-state index contributed by atoms with van der Waals surface area (Å²) in [5, 5.41) is 3.12. The van der Waals surface area contributed by atoms with Crippen molar-refractivity contribution in [3.05, 3.63) is 29.3 Å². The number of nitrogens with zero attached hydrogens (tertiary/aromatic N) is 2. The first-order valence-corrected chi connectivity index (χ1v) is 8.77. The Balaban J connectivity index is 1.89. The van der Waals surface area contributed by atoms with Gasteiger partial charge < -0.3 is 15.1 Å². The van der Waals surface area contributed by atoms with E-state index in [4.69, 9.17) is 0 Å². The van der Waals surface area contributed by atoms with Gasteiger partial charge in [0.25, 0.3) is 0 Å². The van der Waals surface area contributed by atoms with Crippen LogP contribution in [0.15, 0.2) is 18.2 Å². The van der Waals surface area contributed by atoms with Crippen LogP contribution in [0.25, 0.3) is 0 Å². The van der Waals surface area contributed by atoms with Gasteiger partial charge in [-0.1, -0.05) is 6.07 Å². The Morgan fingerprint density at radius 1 is 1.17 bits per heavy atom. The highest BCUT2D eigenvalue weighted by molar-refractivity contribution is 5.81. The van der Waals surface area contributed by atoms with Gasteiger partial charge in [-0.05, 0) is 56.9 Å². The fourth-order valence-corrected chi connectivity index (χ4v) is 3.30. The number of nitrogens with one attached hydrogen (secondary N) is 1. The average Bonchev–Trinajstić information content (AvgIpc) is 2.52. The van der Waals surface area contributed by atoms with Crippen molar-refractivity contribution in [2.75, 3.05) is 31.1 Å². The maximum atomic E-state index is 12.4. The molecule has 1 N–H and O–H groups in total. The number of carbonyl (C=O) groups excluding carboxylic acids is 2. The molecular formula is C19H29N3O2. The van der Waals surface area contributed by atoms with Gasteiger partial charge in [-0.3, -0.25) is 9.59 Å². The molecule has 0 radical (unpaired) electrons. The fraction of sp³-hybridized carbons (Fsp3) is 0.579. The quantitative estimate of drug-likeness (QED) is 0.900. The summed E-state index contributed by atoms with van der Waals surface area (Å²) in [6, 6.07) is 6.55. The first kappa shape index (κ1) is 18.3. The molecule has 0 bridgehead atoms. The van der Waals surface area contributed by atoms with Crippen LogP contribution in [0.2, 0.25) is 0 Å². The highest BCUT2D eigenvalue weighted by atomic mass is 16.2. The van der Waals surface area contributed by atoms with Gasteiger partial charge in [-0.25, -0.2) is 0 Å². The maximum absolute atomic E-state index is 12.4. The molecule has 0 aliphatic carbocycles. The molecule has 1 heterocycles. The van der Waals surface area contributed by atoms with E-state index in [9.17, 15) is 9.59 Å². The molecule has 5 heteroatoms. The molecule has 0 atom stereocenters. The van der Waals surface area contributed by atoms with E-state index >= 15 is 0 Å². The predicted molar refractivity (Wildman–Crippen MR) is 97.2 cm³/mol. The first-order chi connectivity index (χ1) is 11.4. The molecule has 1 aromatic rings. The lowest BCUT2D eigenvalue weighted by atomic mass is 10.0. The van der Waals surface area contributed by atoms with Crippen LogP contribution in [0, 0.1) is 13.8 Å². The Bertz CT molecular complexity index is 572. The van der Waals surface area contributed by atoms with Crippen molar-refractivity contribution in [2.24, 2.45) is 0 Å². The average molecular weight is 331 g/mol. The Kier molecular flexibility index (Phi) is 6.23. The monoisotopic (exact) mass is 331 g/mol. The summed E-state index contributed by atoms with van der Waals surface area (Å²) in [4.78, 5) is 27.7. The lowest BCUT2D eigenvalue weighted by Crippen LogP contribution is -2.48. The number of rotatable bonds is 5. The second-order valence-corrected chi connectivity index (χ2v) is 6.71. The van der Waals surface area contributed by atoms with Gasteiger partial charge in [-0.2, -0.15) is 0 Å². The molecule has 132 valence electrons. The van der Waals surface area contributed by atoms with Crippen molar-refractivity contribution in [1.82, 2.24) is 10.2 Å². The molecule has 1 aromatic carbocycles. The highest BCUT2D eigenvalue weighted by Gasteiger charge is 2.22. The van der Waals surface area contributed by atoms with E-state index in [1.54, 1.807) is 6.92 Å². The predicted octanol–water partition coefficient (Wildman–Crippen LogP) is 2.26. The van der Waals surface area contributed by atoms with E-state index in [2.05, 4.69) is 49.2 Å². The van der Waals surface area contributed by atoms with Gasteiger partial charge in [0.2, 0.25) is 11.8 Å². The zero-order chi connectivity index (χ0) is 17.7. The fourth-order valence-electron chi connectivity index (χ4n) is 3.30. The van der Waals surface area contributed by atoms with Gasteiger partial charge in [0.15, 0.2) is 0 Å². The Labute approximate surface area is 145 Å². The minimum absolute atomic E-state index is 0.0530. The Hall–Kier alpha value is -2.04. The largest absolute Gasteiger partial charge is 0.362 e. The van der Waals surface area contributed by atoms with Gasteiger partial charge in [0, 0.05) is 38.3 Å². The topological polar surface area (TPSA) is 52.7 Å². The summed E-state index contributed by atoms with van der Waals surface area (Å²) in [5.74, 6) is 0.170. The third kappa shape index (κ3) is 4.98. The van der Waals surface area contributed by atoms with Crippen molar-refractivity contribution in [2.45, 2.75) is 46.6 Å².